The van der Waals surface area contributed by atoms with E-state index < -0.39 is 0 Å². The van der Waals surface area contributed by atoms with Crippen LogP contribution in [0.15, 0.2) is 24.5 Å². The molecule has 0 aromatic carbocycles. The number of anilines is 1. The molecule has 20 heavy (non-hydrogen) atoms. The Labute approximate surface area is 121 Å². The molecule has 106 valence electrons. The fourth-order valence-electron chi connectivity index (χ4n) is 1.64. The number of nitrogens with one attached hydrogen (secondary N) is 2. The van der Waals surface area contributed by atoms with E-state index in [-0.39, 0.29) is 11.9 Å². The quantitative estimate of drug-likeness (QED) is 0.577. The van der Waals surface area contributed by atoms with Crippen LogP contribution in [0, 0.1) is 0 Å². The van der Waals surface area contributed by atoms with Crippen LogP contribution in [0.3, 0.4) is 0 Å². The van der Waals surface area contributed by atoms with Gasteiger partial charge in [0.15, 0.2) is 0 Å². The summed E-state index contributed by atoms with van der Waals surface area (Å²) >= 11 is 1.62. The molecule has 0 aliphatic rings. The van der Waals surface area contributed by atoms with Gasteiger partial charge in [-0.3, -0.25) is 4.79 Å². The zero-order chi connectivity index (χ0) is 14.5. The van der Waals surface area contributed by atoms with Crippen LogP contribution in [0.5, 0.6) is 0 Å². The van der Waals surface area contributed by atoms with E-state index in [9.17, 15) is 4.79 Å². The predicted octanol–water partition coefficient (Wildman–Crippen LogP) is 1.88. The lowest BCUT2D eigenvalue weighted by molar-refractivity contribution is 0.0939. The lowest BCUT2D eigenvalue weighted by Gasteiger charge is -2.11. The lowest BCUT2D eigenvalue weighted by atomic mass is 10.2. The topological polar surface area (TPSA) is 92.9 Å². The van der Waals surface area contributed by atoms with Crippen LogP contribution < -0.4 is 16.6 Å². The number of pyridine rings is 1. The molecule has 1 amide bonds. The summed E-state index contributed by atoms with van der Waals surface area (Å²) in [5.74, 6) is 5.57. The highest BCUT2D eigenvalue weighted by Gasteiger charge is 2.14. The standard InChI is InChI=1S/C13H17N5OS/c1-3-10-7-16-13(20-10)8(2)17-12(19)9-4-5-11(18-14)15-6-9/h4-8H,3,14H2,1-2H3,(H,15,18)(H,17,19). The summed E-state index contributed by atoms with van der Waals surface area (Å²) in [5, 5.41) is 3.81. The van der Waals surface area contributed by atoms with Gasteiger partial charge in [-0.15, -0.1) is 11.3 Å². The summed E-state index contributed by atoms with van der Waals surface area (Å²) in [4.78, 5) is 21.6. The number of rotatable bonds is 5. The number of aromatic nitrogens is 2. The van der Waals surface area contributed by atoms with Gasteiger partial charge in [0.05, 0.1) is 11.6 Å². The minimum atomic E-state index is -0.179. The van der Waals surface area contributed by atoms with Crippen molar-refractivity contribution in [2.24, 2.45) is 5.84 Å². The highest BCUT2D eigenvalue weighted by molar-refractivity contribution is 7.11. The number of hydrogen-bond acceptors (Lipinski definition) is 6. The molecule has 0 saturated carbocycles. The smallest absolute Gasteiger partial charge is 0.253 e. The van der Waals surface area contributed by atoms with Crippen molar-refractivity contribution in [2.45, 2.75) is 26.3 Å². The fraction of sp³-hybridized carbons (Fsp3) is 0.308. The summed E-state index contributed by atoms with van der Waals surface area (Å²) in [6.07, 6.45) is 4.29. The molecule has 0 saturated heterocycles. The van der Waals surface area contributed by atoms with E-state index >= 15 is 0 Å². The Bertz CT molecular complexity index is 581. The van der Waals surface area contributed by atoms with Crippen LogP contribution in [0.2, 0.25) is 0 Å². The van der Waals surface area contributed by atoms with Gasteiger partial charge < -0.3 is 10.7 Å². The Morgan fingerprint density at radius 2 is 2.20 bits per heavy atom. The van der Waals surface area contributed by atoms with Crippen molar-refractivity contribution < 1.29 is 4.79 Å². The second-order valence-electron chi connectivity index (χ2n) is 4.29. The predicted molar refractivity (Wildman–Crippen MR) is 79.4 cm³/mol. The van der Waals surface area contributed by atoms with E-state index in [4.69, 9.17) is 5.84 Å². The highest BCUT2D eigenvalue weighted by atomic mass is 32.1. The number of hydrogen-bond donors (Lipinski definition) is 3. The Morgan fingerprint density at radius 3 is 2.75 bits per heavy atom. The van der Waals surface area contributed by atoms with Crippen LogP contribution in [0.1, 0.15) is 40.1 Å². The summed E-state index contributed by atoms with van der Waals surface area (Å²) in [5.41, 5.74) is 2.91. The van der Waals surface area contributed by atoms with E-state index in [0.29, 0.717) is 11.4 Å². The largest absolute Gasteiger partial charge is 0.343 e. The number of hydrazine groups is 1. The van der Waals surface area contributed by atoms with Crippen molar-refractivity contribution in [3.63, 3.8) is 0 Å². The zero-order valence-electron chi connectivity index (χ0n) is 11.4. The monoisotopic (exact) mass is 291 g/mol. The number of carbonyl (C=O) groups excluding carboxylic acids is 1. The molecule has 0 spiro atoms. The molecule has 7 heteroatoms. The molecule has 2 rings (SSSR count). The van der Waals surface area contributed by atoms with E-state index in [1.807, 2.05) is 13.1 Å². The molecule has 6 nitrogen and oxygen atoms in total. The van der Waals surface area contributed by atoms with Crippen LogP contribution >= 0.6 is 11.3 Å². The fourth-order valence-corrected chi connectivity index (χ4v) is 2.50. The molecule has 2 aromatic rings. The van der Waals surface area contributed by atoms with Gasteiger partial charge in [-0.25, -0.2) is 15.8 Å². The number of nitrogen functional groups attached to an aromatic ring is 1. The first-order chi connectivity index (χ1) is 9.63. The molecule has 0 fully saturated rings. The summed E-state index contributed by atoms with van der Waals surface area (Å²) in [7, 11) is 0. The van der Waals surface area contributed by atoms with E-state index in [0.717, 1.165) is 11.4 Å². The maximum Gasteiger partial charge on any atom is 0.253 e. The van der Waals surface area contributed by atoms with Crippen molar-refractivity contribution in [1.29, 1.82) is 0 Å². The first-order valence-corrected chi connectivity index (χ1v) is 7.13. The Hall–Kier alpha value is -1.99. The first-order valence-electron chi connectivity index (χ1n) is 6.32. The average Bonchev–Trinajstić information content (AvgIpc) is 2.96. The number of nitrogens with zero attached hydrogens (tertiary/aromatic N) is 2. The third-order valence-corrected chi connectivity index (χ3v) is 4.14. The Balaban J connectivity index is 2.02. The van der Waals surface area contributed by atoms with Gasteiger partial charge >= 0.3 is 0 Å². The van der Waals surface area contributed by atoms with E-state index in [1.54, 1.807) is 23.5 Å². The molecular weight excluding hydrogens is 274 g/mol. The summed E-state index contributed by atoms with van der Waals surface area (Å²) < 4.78 is 0. The van der Waals surface area contributed by atoms with Crippen molar-refractivity contribution in [1.82, 2.24) is 15.3 Å². The van der Waals surface area contributed by atoms with Gasteiger partial charge in [0.1, 0.15) is 10.8 Å². The molecule has 0 aliphatic heterocycles. The molecule has 2 heterocycles. The van der Waals surface area contributed by atoms with Gasteiger partial charge in [-0.05, 0) is 25.5 Å². The minimum Gasteiger partial charge on any atom is -0.343 e. The van der Waals surface area contributed by atoms with Crippen LogP contribution in [-0.4, -0.2) is 15.9 Å². The molecular formula is C13H17N5OS. The number of nitrogens with two attached hydrogens (primary N) is 1. The van der Waals surface area contributed by atoms with Gasteiger partial charge in [0.25, 0.3) is 5.91 Å². The molecule has 0 radical (unpaired) electrons. The lowest BCUT2D eigenvalue weighted by Crippen LogP contribution is -2.26. The number of thiazole rings is 1. The summed E-state index contributed by atoms with van der Waals surface area (Å²) in [6, 6.07) is 3.20. The van der Waals surface area contributed by atoms with Crippen LogP contribution in [0.25, 0.3) is 0 Å². The molecule has 2 aromatic heterocycles. The molecule has 0 aliphatic carbocycles. The van der Waals surface area contributed by atoms with Crippen molar-refractivity contribution in [3.8, 4) is 0 Å². The third-order valence-electron chi connectivity index (χ3n) is 2.81. The van der Waals surface area contributed by atoms with Gasteiger partial charge in [0.2, 0.25) is 0 Å². The van der Waals surface area contributed by atoms with Crippen LogP contribution in [-0.2, 0) is 6.42 Å². The van der Waals surface area contributed by atoms with E-state index in [1.165, 1.54) is 11.1 Å². The summed E-state index contributed by atoms with van der Waals surface area (Å²) in [6.45, 7) is 4.00. The number of amides is 1. The normalized spacial score (nSPS) is 11.9. The molecule has 1 atom stereocenters. The molecule has 4 N–H and O–H groups in total. The SMILES string of the molecule is CCc1cnc(C(C)NC(=O)c2ccc(NN)nc2)s1. The second kappa shape index (κ2) is 6.44. The zero-order valence-corrected chi connectivity index (χ0v) is 12.2. The molecule has 1 unspecified atom stereocenters. The van der Waals surface area contributed by atoms with Crippen molar-refractivity contribution >= 4 is 23.1 Å². The maximum atomic E-state index is 12.1. The minimum absolute atomic E-state index is 0.125. The highest BCUT2D eigenvalue weighted by Crippen LogP contribution is 2.20. The third kappa shape index (κ3) is 3.31. The Morgan fingerprint density at radius 1 is 1.40 bits per heavy atom. The van der Waals surface area contributed by atoms with Crippen molar-refractivity contribution in [2.75, 3.05) is 5.43 Å². The van der Waals surface area contributed by atoms with Gasteiger partial charge in [-0.1, -0.05) is 6.92 Å². The van der Waals surface area contributed by atoms with Crippen LogP contribution in [0.4, 0.5) is 5.82 Å². The number of carbonyl (C=O) groups is 1. The average molecular weight is 291 g/mol. The Kier molecular flexibility index (Phi) is 4.65. The molecule has 0 bridgehead atoms. The first kappa shape index (κ1) is 14.4. The van der Waals surface area contributed by atoms with Gasteiger partial charge in [-0.2, -0.15) is 0 Å². The number of aryl methyl sites for hydroxylation is 1. The van der Waals surface area contributed by atoms with Gasteiger partial charge in [0, 0.05) is 17.3 Å². The van der Waals surface area contributed by atoms with Crippen molar-refractivity contribution in [3.05, 3.63) is 40.0 Å². The maximum absolute atomic E-state index is 12.1. The second-order valence-corrected chi connectivity index (χ2v) is 5.44. The van der Waals surface area contributed by atoms with E-state index in [2.05, 4.69) is 27.6 Å².